The van der Waals surface area contributed by atoms with Gasteiger partial charge < -0.3 is 15.4 Å². The summed E-state index contributed by atoms with van der Waals surface area (Å²) in [6, 6.07) is 11.1. The molecule has 3 rings (SSSR count). The van der Waals surface area contributed by atoms with Crippen LogP contribution < -0.4 is 10.6 Å². The molecule has 21 heavy (non-hydrogen) atoms. The third-order valence-corrected chi connectivity index (χ3v) is 4.09. The van der Waals surface area contributed by atoms with Crippen molar-refractivity contribution in [2.24, 2.45) is 10.9 Å². The number of ether oxygens (including phenoxy) is 1. The maximum absolute atomic E-state index is 5.93. The first-order chi connectivity index (χ1) is 10.4. The van der Waals surface area contributed by atoms with Crippen LogP contribution in [0.4, 0.5) is 0 Å². The maximum atomic E-state index is 5.93. The average Bonchev–Trinajstić information content (AvgIpc) is 3.20. The van der Waals surface area contributed by atoms with Crippen molar-refractivity contribution in [1.82, 2.24) is 10.6 Å². The molecule has 4 nitrogen and oxygen atoms in total. The standard InChI is InChI=1S/C17H25N3O/c1-2-18-17(20-15-8-9-15)19-12-14-10-11-21-16(14)13-6-4-3-5-7-13/h3-7,14-16H,2,8-12H2,1H3,(H2,18,19,20). The number of hydrogen-bond acceptors (Lipinski definition) is 2. The van der Waals surface area contributed by atoms with E-state index in [0.29, 0.717) is 12.0 Å². The number of rotatable bonds is 5. The molecule has 1 saturated heterocycles. The summed E-state index contributed by atoms with van der Waals surface area (Å²) in [5.41, 5.74) is 1.27. The summed E-state index contributed by atoms with van der Waals surface area (Å²) < 4.78 is 5.93. The van der Waals surface area contributed by atoms with Gasteiger partial charge in [0.15, 0.2) is 5.96 Å². The highest BCUT2D eigenvalue weighted by molar-refractivity contribution is 5.80. The first-order valence-electron chi connectivity index (χ1n) is 8.08. The molecule has 1 aliphatic heterocycles. The molecule has 114 valence electrons. The molecule has 0 aromatic heterocycles. The van der Waals surface area contributed by atoms with E-state index in [1.807, 2.05) is 0 Å². The van der Waals surface area contributed by atoms with Crippen LogP contribution in [0.1, 0.15) is 37.9 Å². The van der Waals surface area contributed by atoms with Gasteiger partial charge in [0.25, 0.3) is 0 Å². The van der Waals surface area contributed by atoms with E-state index in [0.717, 1.165) is 32.1 Å². The highest BCUT2D eigenvalue weighted by Gasteiger charge is 2.29. The topological polar surface area (TPSA) is 45.7 Å². The Labute approximate surface area is 127 Å². The van der Waals surface area contributed by atoms with E-state index >= 15 is 0 Å². The molecule has 1 aliphatic carbocycles. The van der Waals surface area contributed by atoms with Crippen molar-refractivity contribution in [3.05, 3.63) is 35.9 Å². The van der Waals surface area contributed by atoms with Crippen molar-refractivity contribution in [3.8, 4) is 0 Å². The van der Waals surface area contributed by atoms with Crippen LogP contribution >= 0.6 is 0 Å². The maximum Gasteiger partial charge on any atom is 0.191 e. The van der Waals surface area contributed by atoms with Crippen LogP contribution in [0.25, 0.3) is 0 Å². The summed E-state index contributed by atoms with van der Waals surface area (Å²) in [5.74, 6) is 1.43. The number of nitrogens with one attached hydrogen (secondary N) is 2. The highest BCUT2D eigenvalue weighted by atomic mass is 16.5. The highest BCUT2D eigenvalue weighted by Crippen LogP contribution is 2.34. The molecular weight excluding hydrogens is 262 g/mol. The third-order valence-electron chi connectivity index (χ3n) is 4.09. The van der Waals surface area contributed by atoms with Crippen LogP contribution in [0.5, 0.6) is 0 Å². The van der Waals surface area contributed by atoms with Crippen LogP contribution in [-0.2, 0) is 4.74 Å². The van der Waals surface area contributed by atoms with Crippen LogP contribution in [0.2, 0.25) is 0 Å². The van der Waals surface area contributed by atoms with E-state index in [4.69, 9.17) is 9.73 Å². The second-order valence-corrected chi connectivity index (χ2v) is 5.89. The Morgan fingerprint density at radius 3 is 2.76 bits per heavy atom. The van der Waals surface area contributed by atoms with Crippen LogP contribution in [0.15, 0.2) is 35.3 Å². The van der Waals surface area contributed by atoms with Gasteiger partial charge >= 0.3 is 0 Å². The zero-order valence-corrected chi connectivity index (χ0v) is 12.7. The summed E-state index contributed by atoms with van der Waals surface area (Å²) in [4.78, 5) is 4.77. The fourth-order valence-corrected chi connectivity index (χ4v) is 2.78. The smallest absolute Gasteiger partial charge is 0.191 e. The summed E-state index contributed by atoms with van der Waals surface area (Å²) in [6.07, 6.45) is 3.82. The lowest BCUT2D eigenvalue weighted by molar-refractivity contribution is 0.0925. The van der Waals surface area contributed by atoms with Crippen molar-refractivity contribution >= 4 is 5.96 Å². The SMILES string of the molecule is CCNC(=NCC1CCOC1c1ccccc1)NC1CC1. The molecule has 1 aromatic carbocycles. The first-order valence-corrected chi connectivity index (χ1v) is 8.08. The number of guanidine groups is 1. The van der Waals surface area contributed by atoms with E-state index < -0.39 is 0 Å². The lowest BCUT2D eigenvalue weighted by Crippen LogP contribution is -2.39. The molecule has 0 amide bonds. The van der Waals surface area contributed by atoms with E-state index in [1.54, 1.807) is 0 Å². The molecule has 4 heteroatoms. The van der Waals surface area contributed by atoms with Gasteiger partial charge in [-0.2, -0.15) is 0 Å². The minimum Gasteiger partial charge on any atom is -0.373 e. The molecule has 1 aromatic rings. The van der Waals surface area contributed by atoms with Gasteiger partial charge in [-0.1, -0.05) is 30.3 Å². The Morgan fingerprint density at radius 2 is 2.05 bits per heavy atom. The molecule has 1 saturated carbocycles. The number of nitrogens with zero attached hydrogens (tertiary/aromatic N) is 1. The molecule has 2 fully saturated rings. The number of aliphatic imine (C=N–C) groups is 1. The fourth-order valence-electron chi connectivity index (χ4n) is 2.78. The predicted octanol–water partition coefficient (Wildman–Crippen LogP) is 2.48. The van der Waals surface area contributed by atoms with Gasteiger partial charge in [0.2, 0.25) is 0 Å². The Kier molecular flexibility index (Phi) is 4.76. The molecule has 0 bridgehead atoms. The van der Waals surface area contributed by atoms with Crippen LogP contribution in [0, 0.1) is 5.92 Å². The van der Waals surface area contributed by atoms with E-state index in [2.05, 4.69) is 47.9 Å². The monoisotopic (exact) mass is 287 g/mol. The van der Waals surface area contributed by atoms with Crippen molar-refractivity contribution < 1.29 is 4.74 Å². The molecule has 0 spiro atoms. The van der Waals surface area contributed by atoms with Gasteiger partial charge in [-0.15, -0.1) is 0 Å². The molecule has 1 heterocycles. The Balaban J connectivity index is 1.62. The molecule has 2 unspecified atom stereocenters. The Bertz CT molecular complexity index is 470. The zero-order valence-electron chi connectivity index (χ0n) is 12.7. The van der Waals surface area contributed by atoms with Crippen LogP contribution in [0.3, 0.4) is 0 Å². The van der Waals surface area contributed by atoms with E-state index in [1.165, 1.54) is 18.4 Å². The second-order valence-electron chi connectivity index (χ2n) is 5.89. The minimum atomic E-state index is 0.193. The van der Waals surface area contributed by atoms with Gasteiger partial charge in [0, 0.05) is 31.7 Å². The van der Waals surface area contributed by atoms with E-state index in [-0.39, 0.29) is 6.10 Å². The van der Waals surface area contributed by atoms with Crippen molar-refractivity contribution in [2.45, 2.75) is 38.3 Å². The molecule has 0 radical (unpaired) electrons. The molecule has 2 aliphatic rings. The zero-order chi connectivity index (χ0) is 14.5. The average molecular weight is 287 g/mol. The minimum absolute atomic E-state index is 0.193. The third kappa shape index (κ3) is 3.97. The van der Waals surface area contributed by atoms with Crippen molar-refractivity contribution in [2.75, 3.05) is 19.7 Å². The van der Waals surface area contributed by atoms with E-state index in [9.17, 15) is 0 Å². The second kappa shape index (κ2) is 6.94. The normalized spacial score (nSPS) is 25.9. The Hall–Kier alpha value is -1.55. The quantitative estimate of drug-likeness (QED) is 0.646. The molecule has 2 atom stereocenters. The van der Waals surface area contributed by atoms with Crippen molar-refractivity contribution in [1.29, 1.82) is 0 Å². The molecule has 2 N–H and O–H groups in total. The number of benzene rings is 1. The summed E-state index contributed by atoms with van der Waals surface area (Å²) in [6.45, 7) is 4.67. The lowest BCUT2D eigenvalue weighted by atomic mass is 9.95. The van der Waals surface area contributed by atoms with Gasteiger partial charge in [0.05, 0.1) is 6.10 Å². The van der Waals surface area contributed by atoms with Gasteiger partial charge in [-0.3, -0.25) is 4.99 Å². The van der Waals surface area contributed by atoms with Crippen molar-refractivity contribution in [3.63, 3.8) is 0 Å². The number of hydrogen-bond donors (Lipinski definition) is 2. The van der Waals surface area contributed by atoms with Crippen LogP contribution in [-0.4, -0.2) is 31.7 Å². The summed E-state index contributed by atoms with van der Waals surface area (Å²) in [5, 5.41) is 6.80. The summed E-state index contributed by atoms with van der Waals surface area (Å²) >= 11 is 0. The largest absolute Gasteiger partial charge is 0.373 e. The predicted molar refractivity (Wildman–Crippen MR) is 85.4 cm³/mol. The molecular formula is C17H25N3O. The lowest BCUT2D eigenvalue weighted by Gasteiger charge is -2.18. The first kappa shape index (κ1) is 14.4. The Morgan fingerprint density at radius 1 is 1.24 bits per heavy atom. The van der Waals surface area contributed by atoms with Gasteiger partial charge in [-0.05, 0) is 31.7 Å². The van der Waals surface area contributed by atoms with Gasteiger partial charge in [0.1, 0.15) is 0 Å². The van der Waals surface area contributed by atoms with Gasteiger partial charge in [-0.25, -0.2) is 0 Å². The summed E-state index contributed by atoms with van der Waals surface area (Å²) in [7, 11) is 0. The fraction of sp³-hybridized carbons (Fsp3) is 0.588.